The molecule has 2 rings (SSSR count). The Hall–Kier alpha value is -0.490. The van der Waals surface area contributed by atoms with Crippen LogP contribution < -0.4 is 5.73 Å². The van der Waals surface area contributed by atoms with E-state index in [1.165, 1.54) is 6.07 Å². The van der Waals surface area contributed by atoms with E-state index in [0.29, 0.717) is 18.8 Å². The summed E-state index contributed by atoms with van der Waals surface area (Å²) in [5, 5.41) is 0. The second-order valence-electron chi connectivity index (χ2n) is 3.28. The first-order valence-electron chi connectivity index (χ1n) is 4.61. The maximum atomic E-state index is 13.6. The van der Waals surface area contributed by atoms with Crippen LogP contribution in [0.2, 0.25) is 0 Å². The van der Waals surface area contributed by atoms with Crippen molar-refractivity contribution in [1.29, 1.82) is 0 Å². The highest BCUT2D eigenvalue weighted by molar-refractivity contribution is 9.10. The molecule has 3 nitrogen and oxygen atoms in total. The van der Waals surface area contributed by atoms with Crippen LogP contribution in [0, 0.1) is 5.82 Å². The zero-order valence-electron chi connectivity index (χ0n) is 8.00. The zero-order valence-corrected chi connectivity index (χ0v) is 9.59. The van der Waals surface area contributed by atoms with Crippen LogP contribution in [0.4, 0.5) is 4.39 Å². The van der Waals surface area contributed by atoms with E-state index < -0.39 is 5.79 Å². The average Bonchev–Trinajstić information content (AvgIpc) is 2.71. The van der Waals surface area contributed by atoms with E-state index in [4.69, 9.17) is 15.2 Å². The summed E-state index contributed by atoms with van der Waals surface area (Å²) in [6.07, 6.45) is 0. The van der Waals surface area contributed by atoms with Crippen molar-refractivity contribution in [1.82, 2.24) is 0 Å². The molecule has 15 heavy (non-hydrogen) atoms. The van der Waals surface area contributed by atoms with Gasteiger partial charge in [0.25, 0.3) is 0 Å². The van der Waals surface area contributed by atoms with Gasteiger partial charge in [-0.2, -0.15) is 0 Å². The molecule has 0 amide bonds. The molecule has 5 heteroatoms. The molecule has 1 aromatic rings. The van der Waals surface area contributed by atoms with Crippen molar-refractivity contribution < 1.29 is 13.9 Å². The van der Waals surface area contributed by atoms with Crippen molar-refractivity contribution in [2.24, 2.45) is 5.73 Å². The van der Waals surface area contributed by atoms with E-state index in [0.717, 1.165) is 4.47 Å². The van der Waals surface area contributed by atoms with Crippen LogP contribution in [0.15, 0.2) is 22.7 Å². The van der Waals surface area contributed by atoms with Crippen LogP contribution in [-0.2, 0) is 15.3 Å². The molecule has 0 aliphatic carbocycles. The molecule has 0 saturated carbocycles. The lowest BCUT2D eigenvalue weighted by molar-refractivity contribution is -0.158. The largest absolute Gasteiger partial charge is 0.342 e. The van der Waals surface area contributed by atoms with E-state index in [1.54, 1.807) is 12.1 Å². The van der Waals surface area contributed by atoms with Crippen molar-refractivity contribution in [2.75, 3.05) is 19.8 Å². The predicted octanol–water partition coefficient (Wildman–Crippen LogP) is 1.75. The van der Waals surface area contributed by atoms with E-state index in [2.05, 4.69) is 15.9 Å². The summed E-state index contributed by atoms with van der Waals surface area (Å²) < 4.78 is 25.2. The van der Waals surface area contributed by atoms with Crippen LogP contribution in [0.5, 0.6) is 0 Å². The van der Waals surface area contributed by atoms with Gasteiger partial charge >= 0.3 is 0 Å². The Labute approximate surface area is 95.5 Å². The highest BCUT2D eigenvalue weighted by Crippen LogP contribution is 2.33. The van der Waals surface area contributed by atoms with Crippen molar-refractivity contribution in [3.63, 3.8) is 0 Å². The fourth-order valence-electron chi connectivity index (χ4n) is 1.63. The number of ether oxygens (including phenoxy) is 2. The maximum Gasteiger partial charge on any atom is 0.210 e. The molecule has 0 aromatic heterocycles. The fourth-order valence-corrected chi connectivity index (χ4v) is 1.99. The molecule has 0 atom stereocenters. The zero-order chi connectivity index (χ0) is 10.9. The average molecular weight is 276 g/mol. The Morgan fingerprint density at radius 2 is 2.07 bits per heavy atom. The molecule has 1 fully saturated rings. The van der Waals surface area contributed by atoms with Crippen LogP contribution >= 0.6 is 15.9 Å². The van der Waals surface area contributed by atoms with Crippen molar-refractivity contribution >= 4 is 15.9 Å². The molecule has 1 heterocycles. The van der Waals surface area contributed by atoms with Gasteiger partial charge in [-0.1, -0.05) is 15.9 Å². The lowest BCUT2D eigenvalue weighted by Gasteiger charge is -2.26. The second-order valence-corrected chi connectivity index (χ2v) is 4.19. The first kappa shape index (κ1) is 11.0. The molecular formula is C10H11BrFNO2. The summed E-state index contributed by atoms with van der Waals surface area (Å²) in [5.74, 6) is -1.49. The third-order valence-electron chi connectivity index (χ3n) is 2.36. The SMILES string of the molecule is NCC1(c2cc(Br)ccc2F)OCCO1. The molecule has 0 radical (unpaired) electrons. The Balaban J connectivity index is 2.46. The molecule has 0 spiro atoms. The van der Waals surface area contributed by atoms with Crippen molar-refractivity contribution in [3.8, 4) is 0 Å². The number of nitrogens with two attached hydrogens (primary N) is 1. The Morgan fingerprint density at radius 3 is 2.67 bits per heavy atom. The fraction of sp³-hybridized carbons (Fsp3) is 0.400. The van der Waals surface area contributed by atoms with Gasteiger partial charge in [-0.05, 0) is 18.2 Å². The quantitative estimate of drug-likeness (QED) is 0.895. The number of rotatable bonds is 2. The third kappa shape index (κ3) is 1.92. The highest BCUT2D eigenvalue weighted by atomic mass is 79.9. The number of benzene rings is 1. The molecule has 0 unspecified atom stereocenters. The molecule has 1 aliphatic heterocycles. The topological polar surface area (TPSA) is 44.5 Å². The van der Waals surface area contributed by atoms with E-state index in [-0.39, 0.29) is 12.4 Å². The highest BCUT2D eigenvalue weighted by Gasteiger charge is 2.39. The summed E-state index contributed by atoms with van der Waals surface area (Å²) in [7, 11) is 0. The summed E-state index contributed by atoms with van der Waals surface area (Å²) in [6, 6.07) is 4.62. The smallest absolute Gasteiger partial charge is 0.210 e. The Bertz CT molecular complexity index is 366. The van der Waals surface area contributed by atoms with Gasteiger partial charge in [0.15, 0.2) is 0 Å². The van der Waals surface area contributed by atoms with E-state index in [9.17, 15) is 4.39 Å². The molecule has 1 aliphatic rings. The van der Waals surface area contributed by atoms with Crippen LogP contribution in [0.25, 0.3) is 0 Å². The minimum absolute atomic E-state index is 0.0976. The Morgan fingerprint density at radius 1 is 1.40 bits per heavy atom. The maximum absolute atomic E-state index is 13.6. The van der Waals surface area contributed by atoms with Gasteiger partial charge < -0.3 is 15.2 Å². The van der Waals surface area contributed by atoms with Gasteiger partial charge in [-0.25, -0.2) is 4.39 Å². The monoisotopic (exact) mass is 275 g/mol. The minimum Gasteiger partial charge on any atom is -0.342 e. The van der Waals surface area contributed by atoms with Gasteiger partial charge in [-0.15, -0.1) is 0 Å². The molecule has 1 saturated heterocycles. The van der Waals surface area contributed by atoms with E-state index in [1.807, 2.05) is 0 Å². The molecule has 82 valence electrons. The Kier molecular flexibility index (Phi) is 3.06. The molecule has 2 N–H and O–H groups in total. The summed E-state index contributed by atoms with van der Waals surface area (Å²) in [4.78, 5) is 0. The first-order chi connectivity index (χ1) is 7.18. The number of hydrogen-bond acceptors (Lipinski definition) is 3. The molecular weight excluding hydrogens is 265 g/mol. The summed E-state index contributed by atoms with van der Waals surface area (Å²) in [6.45, 7) is 0.965. The van der Waals surface area contributed by atoms with Gasteiger partial charge in [-0.3, -0.25) is 0 Å². The van der Waals surface area contributed by atoms with Crippen molar-refractivity contribution in [3.05, 3.63) is 34.1 Å². The van der Waals surface area contributed by atoms with Crippen LogP contribution in [0.1, 0.15) is 5.56 Å². The number of halogens is 2. The van der Waals surface area contributed by atoms with Gasteiger partial charge in [0, 0.05) is 10.0 Å². The van der Waals surface area contributed by atoms with Gasteiger partial charge in [0.2, 0.25) is 5.79 Å². The summed E-state index contributed by atoms with van der Waals surface area (Å²) >= 11 is 3.28. The number of hydrogen-bond donors (Lipinski definition) is 1. The standard InChI is InChI=1S/C10H11BrFNO2/c11-7-1-2-9(12)8(5-7)10(6-13)14-3-4-15-10/h1-2,5H,3-4,6,13H2. The normalized spacial score (nSPS) is 19.4. The lowest BCUT2D eigenvalue weighted by atomic mass is 10.1. The van der Waals surface area contributed by atoms with Crippen LogP contribution in [0.3, 0.4) is 0 Å². The van der Waals surface area contributed by atoms with Gasteiger partial charge in [0.05, 0.1) is 19.8 Å². The second kappa shape index (κ2) is 4.17. The van der Waals surface area contributed by atoms with Gasteiger partial charge in [0.1, 0.15) is 5.82 Å². The van der Waals surface area contributed by atoms with E-state index >= 15 is 0 Å². The molecule has 1 aromatic carbocycles. The first-order valence-corrected chi connectivity index (χ1v) is 5.41. The predicted molar refractivity (Wildman–Crippen MR) is 56.7 cm³/mol. The van der Waals surface area contributed by atoms with Crippen molar-refractivity contribution in [2.45, 2.75) is 5.79 Å². The molecule has 0 bridgehead atoms. The van der Waals surface area contributed by atoms with Crippen LogP contribution in [-0.4, -0.2) is 19.8 Å². The third-order valence-corrected chi connectivity index (χ3v) is 2.85. The summed E-state index contributed by atoms with van der Waals surface area (Å²) in [5.41, 5.74) is 5.93. The lowest BCUT2D eigenvalue weighted by Crippen LogP contribution is -2.37. The minimum atomic E-state index is -1.12.